The molecule has 15 heavy (non-hydrogen) atoms. The van der Waals surface area contributed by atoms with Gasteiger partial charge in [0, 0.05) is 6.42 Å². The van der Waals surface area contributed by atoms with Crippen molar-refractivity contribution < 1.29 is 17.4 Å². The Morgan fingerprint density at radius 1 is 1.53 bits per heavy atom. The van der Waals surface area contributed by atoms with Crippen LogP contribution in [0.25, 0.3) is 0 Å². The number of nitriles is 1. The summed E-state index contributed by atoms with van der Waals surface area (Å²) in [6.07, 6.45) is 3.15. The lowest BCUT2D eigenvalue weighted by atomic mass is 9.75. The largest absolute Gasteiger partial charge is 0.298 e. The molecule has 0 radical (unpaired) electrons. The summed E-state index contributed by atoms with van der Waals surface area (Å²) in [4.78, 5) is 11.6. The maximum Gasteiger partial charge on any atom is 0.264 e. The fourth-order valence-corrected chi connectivity index (χ4v) is 2.02. The Morgan fingerprint density at radius 2 is 2.20 bits per heavy atom. The van der Waals surface area contributed by atoms with Crippen molar-refractivity contribution in [2.45, 2.75) is 25.7 Å². The highest BCUT2D eigenvalue weighted by Crippen LogP contribution is 2.33. The third-order valence-electron chi connectivity index (χ3n) is 2.52. The van der Waals surface area contributed by atoms with E-state index in [1.807, 2.05) is 6.07 Å². The third kappa shape index (κ3) is 3.01. The lowest BCUT2D eigenvalue weighted by molar-refractivity contribution is -0.129. The monoisotopic (exact) mass is 231 g/mol. The molecule has 0 N–H and O–H groups in total. The number of carbonyl (C=O) groups excluding carboxylic acids is 1. The predicted molar refractivity (Wildman–Crippen MR) is 52.3 cm³/mol. The first-order valence-electron chi connectivity index (χ1n) is 4.69. The number of ketones is 1. The second-order valence-electron chi connectivity index (χ2n) is 3.79. The van der Waals surface area contributed by atoms with Gasteiger partial charge in [-0.2, -0.15) is 13.7 Å². The number of hydrogen-bond donors (Lipinski definition) is 0. The number of Topliss-reactive ketones (excluding diaryl/α,β-unsaturated/α-hetero) is 1. The summed E-state index contributed by atoms with van der Waals surface area (Å²) < 4.78 is 26.2. The van der Waals surface area contributed by atoms with Gasteiger partial charge in [-0.15, -0.1) is 0 Å². The topological polar surface area (TPSA) is 84.2 Å². The molecular formula is C9H13NO4S. The van der Waals surface area contributed by atoms with Crippen molar-refractivity contribution in [3.05, 3.63) is 0 Å². The summed E-state index contributed by atoms with van der Waals surface area (Å²) in [5.41, 5.74) is -1.25. The molecule has 1 aliphatic carbocycles. The highest BCUT2D eigenvalue weighted by Gasteiger charge is 2.41. The minimum atomic E-state index is -3.60. The Labute approximate surface area is 89.2 Å². The molecule has 1 aliphatic rings. The predicted octanol–water partition coefficient (Wildman–Crippen LogP) is 0.616. The second-order valence-corrected chi connectivity index (χ2v) is 5.43. The Bertz CT molecular complexity index is 395. The van der Waals surface area contributed by atoms with E-state index in [4.69, 9.17) is 5.26 Å². The SMILES string of the molecule is CS(=O)(=O)OCC1(C#N)CCCCC1=O. The molecule has 0 aromatic heterocycles. The van der Waals surface area contributed by atoms with Crippen LogP contribution in [-0.4, -0.2) is 27.1 Å². The summed E-state index contributed by atoms with van der Waals surface area (Å²) >= 11 is 0. The summed E-state index contributed by atoms with van der Waals surface area (Å²) in [5.74, 6) is -0.208. The van der Waals surface area contributed by atoms with E-state index in [9.17, 15) is 13.2 Å². The first kappa shape index (κ1) is 12.1. The van der Waals surface area contributed by atoms with Crippen LogP contribution in [0.2, 0.25) is 0 Å². The highest BCUT2D eigenvalue weighted by atomic mass is 32.2. The van der Waals surface area contributed by atoms with Gasteiger partial charge in [0.05, 0.1) is 18.9 Å². The molecule has 0 amide bonds. The average Bonchev–Trinajstić information content (AvgIpc) is 2.16. The maximum atomic E-state index is 11.6. The molecule has 0 aromatic carbocycles. The number of carbonyl (C=O) groups is 1. The molecule has 1 fully saturated rings. The normalized spacial score (nSPS) is 27.3. The van der Waals surface area contributed by atoms with E-state index >= 15 is 0 Å². The van der Waals surface area contributed by atoms with Crippen molar-refractivity contribution >= 4 is 15.9 Å². The lowest BCUT2D eigenvalue weighted by Crippen LogP contribution is -2.37. The lowest BCUT2D eigenvalue weighted by Gasteiger charge is -2.27. The van der Waals surface area contributed by atoms with Crippen LogP contribution >= 0.6 is 0 Å². The van der Waals surface area contributed by atoms with Crippen LogP contribution in [0.3, 0.4) is 0 Å². The molecular weight excluding hydrogens is 218 g/mol. The third-order valence-corrected chi connectivity index (χ3v) is 3.07. The van der Waals surface area contributed by atoms with Gasteiger partial charge in [0.15, 0.2) is 5.78 Å². The molecule has 84 valence electrons. The van der Waals surface area contributed by atoms with Crippen molar-refractivity contribution in [2.24, 2.45) is 5.41 Å². The summed E-state index contributed by atoms with van der Waals surface area (Å²) in [5, 5.41) is 8.96. The van der Waals surface area contributed by atoms with Crippen molar-refractivity contribution in [3.63, 3.8) is 0 Å². The Balaban J connectivity index is 2.77. The molecule has 0 heterocycles. The first-order chi connectivity index (χ1) is 6.90. The van der Waals surface area contributed by atoms with Gasteiger partial charge in [-0.25, -0.2) is 0 Å². The van der Waals surface area contributed by atoms with Crippen LogP contribution in [0.1, 0.15) is 25.7 Å². The summed E-state index contributed by atoms with van der Waals surface area (Å²) in [6.45, 7) is -0.346. The zero-order chi connectivity index (χ0) is 11.5. The van der Waals surface area contributed by atoms with Gasteiger partial charge >= 0.3 is 0 Å². The van der Waals surface area contributed by atoms with Gasteiger partial charge in [-0.1, -0.05) is 6.42 Å². The van der Waals surface area contributed by atoms with Crippen LogP contribution in [0, 0.1) is 16.7 Å². The molecule has 1 rings (SSSR count). The van der Waals surface area contributed by atoms with Crippen LogP contribution in [0.5, 0.6) is 0 Å². The van der Waals surface area contributed by atoms with Gasteiger partial charge in [0.1, 0.15) is 5.41 Å². The van der Waals surface area contributed by atoms with E-state index in [1.165, 1.54) is 0 Å². The standard InChI is InChI=1S/C9H13NO4S/c1-15(12,13)14-7-9(6-10)5-3-2-4-8(9)11/h2-5,7H2,1H3. The molecule has 5 nitrogen and oxygen atoms in total. The Kier molecular flexibility index (Phi) is 3.47. The zero-order valence-electron chi connectivity index (χ0n) is 8.52. The summed E-state index contributed by atoms with van der Waals surface area (Å²) in [6, 6.07) is 1.90. The minimum Gasteiger partial charge on any atom is -0.298 e. The van der Waals surface area contributed by atoms with Crippen molar-refractivity contribution in [1.82, 2.24) is 0 Å². The van der Waals surface area contributed by atoms with E-state index in [0.717, 1.165) is 19.1 Å². The molecule has 1 saturated carbocycles. The minimum absolute atomic E-state index is 0.208. The van der Waals surface area contributed by atoms with Crippen LogP contribution in [-0.2, 0) is 19.1 Å². The number of hydrogen-bond acceptors (Lipinski definition) is 5. The van der Waals surface area contributed by atoms with E-state index < -0.39 is 15.5 Å². The molecule has 0 spiro atoms. The van der Waals surface area contributed by atoms with Gasteiger partial charge < -0.3 is 0 Å². The van der Waals surface area contributed by atoms with Crippen molar-refractivity contribution in [1.29, 1.82) is 5.26 Å². The molecule has 1 atom stereocenters. The van der Waals surface area contributed by atoms with Crippen molar-refractivity contribution in [3.8, 4) is 6.07 Å². The second kappa shape index (κ2) is 4.29. The van der Waals surface area contributed by atoms with Gasteiger partial charge in [-0.3, -0.25) is 8.98 Å². The molecule has 0 saturated heterocycles. The van der Waals surface area contributed by atoms with E-state index in [0.29, 0.717) is 12.8 Å². The van der Waals surface area contributed by atoms with Gasteiger partial charge in [-0.05, 0) is 12.8 Å². The van der Waals surface area contributed by atoms with Gasteiger partial charge in [0.25, 0.3) is 10.1 Å². The molecule has 0 aromatic rings. The first-order valence-corrected chi connectivity index (χ1v) is 6.50. The van der Waals surface area contributed by atoms with Crippen LogP contribution in [0.15, 0.2) is 0 Å². The summed E-state index contributed by atoms with van der Waals surface area (Å²) in [7, 11) is -3.60. The number of rotatable bonds is 3. The quantitative estimate of drug-likeness (QED) is 0.664. The number of nitrogens with zero attached hydrogens (tertiary/aromatic N) is 1. The van der Waals surface area contributed by atoms with Crippen molar-refractivity contribution in [2.75, 3.05) is 12.9 Å². The Morgan fingerprint density at radius 3 is 2.67 bits per heavy atom. The Hall–Kier alpha value is -0.930. The maximum absolute atomic E-state index is 11.6. The molecule has 1 unspecified atom stereocenters. The van der Waals surface area contributed by atoms with E-state index in [-0.39, 0.29) is 12.4 Å². The molecule has 0 bridgehead atoms. The fraction of sp³-hybridized carbons (Fsp3) is 0.778. The molecule has 0 aliphatic heterocycles. The average molecular weight is 231 g/mol. The molecule has 6 heteroatoms. The zero-order valence-corrected chi connectivity index (χ0v) is 9.34. The van der Waals surface area contributed by atoms with Crippen LogP contribution < -0.4 is 0 Å². The van der Waals surface area contributed by atoms with Crippen LogP contribution in [0.4, 0.5) is 0 Å². The fourth-order valence-electron chi connectivity index (χ4n) is 1.60. The highest BCUT2D eigenvalue weighted by molar-refractivity contribution is 7.85. The van der Waals surface area contributed by atoms with E-state index in [2.05, 4.69) is 4.18 Å². The van der Waals surface area contributed by atoms with Gasteiger partial charge in [0.2, 0.25) is 0 Å². The van der Waals surface area contributed by atoms with E-state index in [1.54, 1.807) is 0 Å². The smallest absolute Gasteiger partial charge is 0.264 e.